The van der Waals surface area contributed by atoms with Crippen molar-refractivity contribution in [3.8, 4) is 0 Å². The van der Waals surface area contributed by atoms with Crippen molar-refractivity contribution in [3.63, 3.8) is 0 Å². The monoisotopic (exact) mass is 390 g/mol. The van der Waals surface area contributed by atoms with Crippen LogP contribution in [0.4, 0.5) is 0 Å². The molecule has 9 atom stereocenters. The smallest absolute Gasteiger partial charge is 0.303 e. The van der Waals surface area contributed by atoms with Crippen LogP contribution in [0.3, 0.4) is 0 Å². The van der Waals surface area contributed by atoms with Gasteiger partial charge in [-0.1, -0.05) is 20.8 Å². The lowest BCUT2D eigenvalue weighted by molar-refractivity contribution is -0.160. The molecule has 0 aromatic carbocycles. The molecule has 0 aliphatic heterocycles. The highest BCUT2D eigenvalue weighted by molar-refractivity contribution is 5.83. The number of hydrogen-bond acceptors (Lipinski definition) is 3. The molecule has 0 heterocycles. The predicted molar refractivity (Wildman–Crippen MR) is 108 cm³/mol. The summed E-state index contributed by atoms with van der Waals surface area (Å²) in [5.41, 5.74) is 0.401. The maximum absolute atomic E-state index is 13.3. The highest BCUT2D eigenvalue weighted by Gasteiger charge is 2.62. The topological polar surface area (TPSA) is 74.6 Å². The SMILES string of the molecule is C[C@H](CCC(=O)O)[C@H]1CC[C@H]2C3C(=O)C[C@@H]4C[C@H](O)CC[C@]4(C)[C@H]3CC[C@]12C. The van der Waals surface area contributed by atoms with Gasteiger partial charge in [0.25, 0.3) is 0 Å². The summed E-state index contributed by atoms with van der Waals surface area (Å²) in [5.74, 6) is 2.25. The molecular weight excluding hydrogens is 352 g/mol. The Morgan fingerprint density at radius 3 is 2.50 bits per heavy atom. The van der Waals surface area contributed by atoms with Gasteiger partial charge in [0.2, 0.25) is 0 Å². The van der Waals surface area contributed by atoms with Gasteiger partial charge in [-0.15, -0.1) is 0 Å². The first-order valence-electron chi connectivity index (χ1n) is 11.6. The van der Waals surface area contributed by atoms with Crippen molar-refractivity contribution in [2.45, 2.75) is 91.1 Å². The Hall–Kier alpha value is -0.900. The van der Waals surface area contributed by atoms with E-state index in [-0.39, 0.29) is 29.3 Å². The molecule has 0 spiro atoms. The summed E-state index contributed by atoms with van der Waals surface area (Å²) in [7, 11) is 0. The molecule has 158 valence electrons. The third-order valence-corrected chi connectivity index (χ3v) is 10.0. The number of hydrogen-bond donors (Lipinski definition) is 2. The van der Waals surface area contributed by atoms with E-state index in [2.05, 4.69) is 20.8 Å². The quantitative estimate of drug-likeness (QED) is 0.730. The van der Waals surface area contributed by atoms with Gasteiger partial charge in [-0.3, -0.25) is 9.59 Å². The first-order chi connectivity index (χ1) is 13.2. The van der Waals surface area contributed by atoms with E-state index in [1.165, 1.54) is 6.42 Å². The number of ketones is 1. The molecule has 4 aliphatic carbocycles. The van der Waals surface area contributed by atoms with E-state index in [9.17, 15) is 14.7 Å². The lowest BCUT2D eigenvalue weighted by atomic mass is 9.44. The molecule has 4 saturated carbocycles. The summed E-state index contributed by atoms with van der Waals surface area (Å²) in [6.07, 6.45) is 8.81. The minimum absolute atomic E-state index is 0.187. The van der Waals surface area contributed by atoms with Gasteiger partial charge in [0, 0.05) is 18.8 Å². The van der Waals surface area contributed by atoms with Crippen LogP contribution >= 0.6 is 0 Å². The second-order valence-electron chi connectivity index (χ2n) is 11.2. The number of fused-ring (bicyclic) bond motifs is 5. The molecule has 0 amide bonds. The summed E-state index contributed by atoms with van der Waals surface area (Å²) >= 11 is 0. The summed E-state index contributed by atoms with van der Waals surface area (Å²) in [5, 5.41) is 19.3. The Balaban J connectivity index is 1.56. The molecule has 28 heavy (non-hydrogen) atoms. The highest BCUT2D eigenvalue weighted by Crippen LogP contribution is 2.67. The van der Waals surface area contributed by atoms with Crippen LogP contribution in [0.2, 0.25) is 0 Å². The molecule has 1 unspecified atom stereocenters. The van der Waals surface area contributed by atoms with E-state index >= 15 is 0 Å². The van der Waals surface area contributed by atoms with Crippen molar-refractivity contribution in [2.24, 2.45) is 46.3 Å². The van der Waals surface area contributed by atoms with Crippen LogP contribution in [0.25, 0.3) is 0 Å². The van der Waals surface area contributed by atoms with Crippen LogP contribution in [0, 0.1) is 46.3 Å². The molecule has 4 nitrogen and oxygen atoms in total. The zero-order valence-corrected chi connectivity index (χ0v) is 17.8. The number of rotatable bonds is 4. The van der Waals surface area contributed by atoms with Crippen LogP contribution in [0.15, 0.2) is 0 Å². The minimum Gasteiger partial charge on any atom is -0.481 e. The van der Waals surface area contributed by atoms with E-state index in [0.717, 1.165) is 44.9 Å². The molecule has 4 fully saturated rings. The normalized spacial score (nSPS) is 49.1. The number of carbonyl (C=O) groups is 2. The van der Waals surface area contributed by atoms with Crippen LogP contribution in [0.1, 0.15) is 85.0 Å². The van der Waals surface area contributed by atoms with Crippen LogP contribution in [0.5, 0.6) is 0 Å². The zero-order chi connectivity index (χ0) is 20.3. The largest absolute Gasteiger partial charge is 0.481 e. The average Bonchev–Trinajstić information content (AvgIpc) is 2.98. The fourth-order valence-corrected chi connectivity index (χ4v) is 8.44. The van der Waals surface area contributed by atoms with Crippen molar-refractivity contribution in [3.05, 3.63) is 0 Å². The Bertz CT molecular complexity index is 645. The van der Waals surface area contributed by atoms with Crippen molar-refractivity contribution < 1.29 is 19.8 Å². The second kappa shape index (κ2) is 7.11. The molecule has 0 radical (unpaired) electrons. The average molecular weight is 391 g/mol. The zero-order valence-electron chi connectivity index (χ0n) is 17.8. The molecule has 4 rings (SSSR count). The van der Waals surface area contributed by atoms with E-state index in [4.69, 9.17) is 5.11 Å². The van der Waals surface area contributed by atoms with Crippen LogP contribution in [-0.4, -0.2) is 28.1 Å². The van der Waals surface area contributed by atoms with E-state index in [1.807, 2.05) is 0 Å². The fourth-order valence-electron chi connectivity index (χ4n) is 8.44. The number of aliphatic hydroxyl groups excluding tert-OH is 1. The summed E-state index contributed by atoms with van der Waals surface area (Å²) in [4.78, 5) is 24.4. The molecule has 0 aromatic heterocycles. The first kappa shape index (κ1) is 20.4. The molecule has 4 heteroatoms. The predicted octanol–water partition coefficient (Wildman–Crippen LogP) is 4.69. The molecule has 2 N–H and O–H groups in total. The van der Waals surface area contributed by atoms with E-state index < -0.39 is 5.97 Å². The van der Waals surface area contributed by atoms with Gasteiger partial charge in [-0.2, -0.15) is 0 Å². The van der Waals surface area contributed by atoms with Crippen molar-refractivity contribution in [2.75, 3.05) is 0 Å². The Morgan fingerprint density at radius 2 is 1.79 bits per heavy atom. The number of carboxylic acid groups (broad SMARTS) is 1. The molecule has 0 saturated heterocycles. The Labute approximate surface area is 169 Å². The van der Waals surface area contributed by atoms with Gasteiger partial charge in [-0.05, 0) is 91.8 Å². The number of carbonyl (C=O) groups excluding carboxylic acids is 1. The van der Waals surface area contributed by atoms with Gasteiger partial charge in [0.15, 0.2) is 0 Å². The highest BCUT2D eigenvalue weighted by atomic mass is 16.4. The third-order valence-electron chi connectivity index (χ3n) is 10.0. The summed E-state index contributed by atoms with van der Waals surface area (Å²) < 4.78 is 0. The molecular formula is C24H38O4. The number of aliphatic carboxylic acids is 1. The third kappa shape index (κ3) is 3.05. The standard InChI is InChI=1S/C24H38O4/c1-14(4-7-21(27)28)17-5-6-18-22-19(9-11-24(17,18)3)23(2)10-8-16(25)12-15(23)13-20(22)26/h14-19,22,25H,4-13H2,1-3H3,(H,27,28)/t14-,15+,16-,17-,18+,19+,22?,23+,24-/m1/s1. The van der Waals surface area contributed by atoms with E-state index in [1.54, 1.807) is 0 Å². The van der Waals surface area contributed by atoms with Gasteiger partial charge in [0.05, 0.1) is 6.10 Å². The first-order valence-corrected chi connectivity index (χ1v) is 11.6. The minimum atomic E-state index is -0.698. The number of aliphatic hydroxyl groups is 1. The lowest BCUT2D eigenvalue weighted by Gasteiger charge is -2.60. The summed E-state index contributed by atoms with van der Waals surface area (Å²) in [6.45, 7) is 7.06. The van der Waals surface area contributed by atoms with Crippen molar-refractivity contribution in [1.82, 2.24) is 0 Å². The van der Waals surface area contributed by atoms with Crippen LogP contribution < -0.4 is 0 Å². The lowest BCUT2D eigenvalue weighted by Crippen LogP contribution is -2.57. The Morgan fingerprint density at radius 1 is 1.11 bits per heavy atom. The van der Waals surface area contributed by atoms with Gasteiger partial charge in [-0.25, -0.2) is 0 Å². The fraction of sp³-hybridized carbons (Fsp3) is 0.917. The maximum Gasteiger partial charge on any atom is 0.303 e. The maximum atomic E-state index is 13.3. The van der Waals surface area contributed by atoms with Crippen molar-refractivity contribution in [1.29, 1.82) is 0 Å². The molecule has 0 aromatic rings. The van der Waals surface area contributed by atoms with Crippen LogP contribution in [-0.2, 0) is 9.59 Å². The molecule has 0 bridgehead atoms. The van der Waals surface area contributed by atoms with Crippen molar-refractivity contribution >= 4 is 11.8 Å². The van der Waals surface area contributed by atoms with E-state index in [0.29, 0.717) is 41.8 Å². The second-order valence-corrected chi connectivity index (χ2v) is 11.2. The van der Waals surface area contributed by atoms with Gasteiger partial charge >= 0.3 is 5.97 Å². The molecule has 4 aliphatic rings. The Kier molecular flexibility index (Phi) is 5.17. The number of carboxylic acids is 1. The van der Waals surface area contributed by atoms with Gasteiger partial charge in [0.1, 0.15) is 5.78 Å². The van der Waals surface area contributed by atoms with Gasteiger partial charge < -0.3 is 10.2 Å². The summed E-state index contributed by atoms with van der Waals surface area (Å²) in [6, 6.07) is 0. The number of Topliss-reactive ketones (excluding diaryl/α,β-unsaturated/α-hetero) is 1.